The molecule has 1 aromatic heterocycles. The van der Waals surface area contributed by atoms with E-state index in [9.17, 15) is 4.79 Å². The zero-order valence-corrected chi connectivity index (χ0v) is 21.5. The molecule has 0 saturated carbocycles. The number of anilines is 2. The van der Waals surface area contributed by atoms with Gasteiger partial charge in [0.05, 0.1) is 23.2 Å². The molecular formula is C27H35N5OS. The second-order valence-electron chi connectivity index (χ2n) is 9.01. The Kier molecular flexibility index (Phi) is 8.06. The lowest BCUT2D eigenvalue weighted by molar-refractivity contribution is -0.115. The minimum absolute atomic E-state index is 0.0676. The van der Waals surface area contributed by atoms with Gasteiger partial charge in [-0.3, -0.25) is 14.6 Å². The molecule has 1 amide bonds. The van der Waals surface area contributed by atoms with Crippen molar-refractivity contribution in [2.24, 2.45) is 0 Å². The number of hydrogen-bond donors (Lipinski definition) is 0. The molecule has 7 heteroatoms. The molecule has 3 aromatic rings. The van der Waals surface area contributed by atoms with Crippen LogP contribution in [0.4, 0.5) is 11.4 Å². The monoisotopic (exact) mass is 477 g/mol. The molecule has 0 fully saturated rings. The van der Waals surface area contributed by atoms with E-state index >= 15 is 0 Å². The maximum absolute atomic E-state index is 13.7. The predicted octanol–water partition coefficient (Wildman–Crippen LogP) is 5.65. The molecule has 34 heavy (non-hydrogen) atoms. The lowest BCUT2D eigenvalue weighted by Gasteiger charge is -2.25. The van der Waals surface area contributed by atoms with E-state index in [-0.39, 0.29) is 11.9 Å². The predicted molar refractivity (Wildman–Crippen MR) is 140 cm³/mol. The summed E-state index contributed by atoms with van der Waals surface area (Å²) in [7, 11) is 4.16. The van der Waals surface area contributed by atoms with Gasteiger partial charge in [0, 0.05) is 6.54 Å². The maximum Gasteiger partial charge on any atom is 0.242 e. The van der Waals surface area contributed by atoms with Crippen molar-refractivity contribution in [1.29, 1.82) is 0 Å². The molecule has 1 atom stereocenters. The van der Waals surface area contributed by atoms with Crippen LogP contribution in [0, 0.1) is 0 Å². The number of nitrogens with zero attached hydrogens (tertiary/aromatic N) is 5. The average molecular weight is 478 g/mol. The van der Waals surface area contributed by atoms with Gasteiger partial charge >= 0.3 is 0 Å². The molecule has 0 bridgehead atoms. The number of benzene rings is 2. The zero-order valence-electron chi connectivity index (χ0n) is 20.7. The quantitative estimate of drug-likeness (QED) is 0.373. The highest BCUT2D eigenvalue weighted by Gasteiger charge is 2.27. The van der Waals surface area contributed by atoms with Gasteiger partial charge in [-0.25, -0.2) is 0 Å². The first-order valence-electron chi connectivity index (χ1n) is 12.3. The summed E-state index contributed by atoms with van der Waals surface area (Å²) in [6, 6.07) is 16.7. The van der Waals surface area contributed by atoms with E-state index in [4.69, 9.17) is 0 Å². The number of thioether (sulfide) groups is 1. The van der Waals surface area contributed by atoms with Crippen LogP contribution < -0.4 is 4.90 Å². The fourth-order valence-electron chi connectivity index (χ4n) is 4.70. The molecule has 0 radical (unpaired) electrons. The van der Waals surface area contributed by atoms with E-state index in [1.807, 2.05) is 17.0 Å². The standard InChI is InChI=1S/C27H35N5OS/c1-5-7-18-31-26(22(6-2)30(3)4)28-29-27(31)34-19-25(33)32-23-14-10-8-12-20(23)16-17-21-13-9-11-15-24(21)32/h8-15,22H,5-7,16-19H2,1-4H3. The van der Waals surface area contributed by atoms with Gasteiger partial charge in [0.25, 0.3) is 0 Å². The summed E-state index contributed by atoms with van der Waals surface area (Å²) in [4.78, 5) is 17.8. The smallest absolute Gasteiger partial charge is 0.242 e. The Morgan fingerprint density at radius 3 is 2.18 bits per heavy atom. The summed E-state index contributed by atoms with van der Waals surface area (Å²) in [5.74, 6) is 1.37. The normalized spacial score (nSPS) is 14.0. The third kappa shape index (κ3) is 5.05. The number of aryl methyl sites for hydroxylation is 2. The van der Waals surface area contributed by atoms with Crippen molar-refractivity contribution in [2.75, 3.05) is 24.7 Å². The van der Waals surface area contributed by atoms with Crippen molar-refractivity contribution < 1.29 is 4.79 Å². The largest absolute Gasteiger partial charge is 0.305 e. The van der Waals surface area contributed by atoms with Crippen LogP contribution in [0.2, 0.25) is 0 Å². The van der Waals surface area contributed by atoms with E-state index in [1.54, 1.807) is 0 Å². The lowest BCUT2D eigenvalue weighted by atomic mass is 10.0. The molecule has 1 unspecified atom stereocenters. The molecule has 1 aliphatic rings. The molecule has 0 spiro atoms. The topological polar surface area (TPSA) is 54.3 Å². The zero-order chi connectivity index (χ0) is 24.1. The van der Waals surface area contributed by atoms with Crippen molar-refractivity contribution in [3.8, 4) is 0 Å². The van der Waals surface area contributed by atoms with Gasteiger partial charge < -0.3 is 4.57 Å². The fraction of sp³-hybridized carbons (Fsp3) is 0.444. The average Bonchev–Trinajstić information content (AvgIpc) is 3.15. The summed E-state index contributed by atoms with van der Waals surface area (Å²) in [5.41, 5.74) is 4.40. The number of carbonyl (C=O) groups excluding carboxylic acids is 1. The first-order valence-corrected chi connectivity index (χ1v) is 13.2. The van der Waals surface area contributed by atoms with Gasteiger partial charge in [-0.1, -0.05) is 68.4 Å². The summed E-state index contributed by atoms with van der Waals surface area (Å²) in [6.45, 7) is 5.24. The second-order valence-corrected chi connectivity index (χ2v) is 9.95. The maximum atomic E-state index is 13.7. The van der Waals surface area contributed by atoms with E-state index in [2.05, 4.69) is 84.0 Å². The fourth-order valence-corrected chi connectivity index (χ4v) is 5.52. The van der Waals surface area contributed by atoms with Gasteiger partial charge in [0.2, 0.25) is 5.91 Å². The van der Waals surface area contributed by atoms with E-state index in [1.165, 1.54) is 22.9 Å². The SMILES string of the molecule is CCCCn1c(SCC(=O)N2c3ccccc3CCc3ccccc32)nnc1C(CC)N(C)C. The molecule has 4 rings (SSSR count). The number of rotatable bonds is 9. The van der Waals surface area contributed by atoms with E-state index in [0.29, 0.717) is 5.75 Å². The minimum atomic E-state index is 0.0676. The Morgan fingerprint density at radius 2 is 1.62 bits per heavy atom. The summed E-state index contributed by atoms with van der Waals surface area (Å²) in [6.07, 6.45) is 4.98. The summed E-state index contributed by atoms with van der Waals surface area (Å²) >= 11 is 1.50. The van der Waals surface area contributed by atoms with Crippen molar-refractivity contribution in [3.05, 3.63) is 65.5 Å². The number of fused-ring (bicyclic) bond motifs is 2. The summed E-state index contributed by atoms with van der Waals surface area (Å²) in [5, 5.41) is 9.91. The Morgan fingerprint density at radius 1 is 1.00 bits per heavy atom. The van der Waals surface area contributed by atoms with Crippen LogP contribution in [0.1, 0.15) is 56.1 Å². The molecule has 6 nitrogen and oxygen atoms in total. The van der Waals surface area contributed by atoms with Crippen LogP contribution in [-0.4, -0.2) is 45.4 Å². The highest BCUT2D eigenvalue weighted by molar-refractivity contribution is 7.99. The lowest BCUT2D eigenvalue weighted by Crippen LogP contribution is -2.28. The van der Waals surface area contributed by atoms with Crippen molar-refractivity contribution in [3.63, 3.8) is 0 Å². The minimum Gasteiger partial charge on any atom is -0.305 e. The van der Waals surface area contributed by atoms with Gasteiger partial charge in [-0.15, -0.1) is 10.2 Å². The van der Waals surface area contributed by atoms with Crippen LogP contribution in [0.3, 0.4) is 0 Å². The van der Waals surface area contributed by atoms with Gasteiger partial charge in [0.1, 0.15) is 0 Å². The molecule has 0 aliphatic carbocycles. The molecule has 2 aromatic carbocycles. The highest BCUT2D eigenvalue weighted by Crippen LogP contribution is 2.37. The van der Waals surface area contributed by atoms with E-state index < -0.39 is 0 Å². The third-order valence-corrected chi connectivity index (χ3v) is 7.44. The molecule has 2 heterocycles. The highest BCUT2D eigenvalue weighted by atomic mass is 32.2. The van der Waals surface area contributed by atoms with Gasteiger partial charge in [-0.2, -0.15) is 0 Å². The van der Waals surface area contributed by atoms with E-state index in [0.717, 1.165) is 61.0 Å². The van der Waals surface area contributed by atoms with Crippen LogP contribution in [0.25, 0.3) is 0 Å². The van der Waals surface area contributed by atoms with Gasteiger partial charge in [-0.05, 0) is 63.0 Å². The van der Waals surface area contributed by atoms with Crippen LogP contribution >= 0.6 is 11.8 Å². The van der Waals surface area contributed by atoms with Crippen molar-refractivity contribution in [1.82, 2.24) is 19.7 Å². The van der Waals surface area contributed by atoms with Crippen molar-refractivity contribution >= 4 is 29.0 Å². The Labute approximate surface area is 207 Å². The molecule has 0 N–H and O–H groups in total. The van der Waals surface area contributed by atoms with Crippen LogP contribution in [0.5, 0.6) is 0 Å². The third-order valence-electron chi connectivity index (χ3n) is 6.49. The molecule has 0 saturated heterocycles. The Balaban J connectivity index is 1.62. The van der Waals surface area contributed by atoms with Crippen LogP contribution in [-0.2, 0) is 24.2 Å². The van der Waals surface area contributed by atoms with Gasteiger partial charge in [0.15, 0.2) is 11.0 Å². The Hall–Kier alpha value is -2.64. The number of hydrogen-bond acceptors (Lipinski definition) is 5. The first-order chi connectivity index (χ1) is 16.5. The second kappa shape index (κ2) is 11.2. The number of aromatic nitrogens is 3. The molecular weight excluding hydrogens is 442 g/mol. The summed E-state index contributed by atoms with van der Waals surface area (Å²) < 4.78 is 2.22. The van der Waals surface area contributed by atoms with Crippen LogP contribution in [0.15, 0.2) is 53.7 Å². The Bertz CT molecular complexity index is 1080. The molecule has 1 aliphatic heterocycles. The number of unbranched alkanes of at least 4 members (excludes halogenated alkanes) is 1. The number of carbonyl (C=O) groups is 1. The number of amides is 1. The first kappa shape index (κ1) is 24.5. The number of para-hydroxylation sites is 2. The molecule has 180 valence electrons. The van der Waals surface area contributed by atoms with Crippen molar-refractivity contribution in [2.45, 2.75) is 63.7 Å².